The van der Waals surface area contributed by atoms with Crippen LogP contribution in [0.5, 0.6) is 0 Å². The number of methoxy groups -OCH3 is 1. The molecular formula is C20H29N3O3. The van der Waals surface area contributed by atoms with E-state index in [1.54, 1.807) is 26.1 Å². The van der Waals surface area contributed by atoms with Crippen molar-refractivity contribution < 1.29 is 14.3 Å². The van der Waals surface area contributed by atoms with Gasteiger partial charge in [0, 0.05) is 53.2 Å². The largest absolute Gasteiger partial charge is 0.383 e. The Morgan fingerprint density at radius 1 is 1.23 bits per heavy atom. The minimum atomic E-state index is -0.222. The second kappa shape index (κ2) is 7.66. The molecule has 26 heavy (non-hydrogen) atoms. The topological polar surface area (TPSA) is 53.1 Å². The Morgan fingerprint density at radius 2 is 1.88 bits per heavy atom. The first kappa shape index (κ1) is 18.7. The predicted molar refractivity (Wildman–Crippen MR) is 100 cm³/mol. The van der Waals surface area contributed by atoms with Gasteiger partial charge in [0.2, 0.25) is 5.91 Å². The quantitative estimate of drug-likeness (QED) is 0.828. The van der Waals surface area contributed by atoms with Gasteiger partial charge in [-0.15, -0.1) is 0 Å². The third-order valence-electron chi connectivity index (χ3n) is 5.87. The molecule has 2 fully saturated rings. The zero-order chi connectivity index (χ0) is 18.7. The monoisotopic (exact) mass is 359 g/mol. The van der Waals surface area contributed by atoms with Crippen LogP contribution in [-0.4, -0.2) is 79.6 Å². The summed E-state index contributed by atoms with van der Waals surface area (Å²) >= 11 is 0. The van der Waals surface area contributed by atoms with Crippen LogP contribution in [0.4, 0.5) is 4.79 Å². The fourth-order valence-electron chi connectivity index (χ4n) is 4.54. The van der Waals surface area contributed by atoms with Crippen LogP contribution < -0.4 is 0 Å². The molecule has 2 aliphatic rings. The Kier molecular flexibility index (Phi) is 5.51. The fraction of sp³-hybridized carbons (Fsp3) is 0.600. The van der Waals surface area contributed by atoms with Crippen LogP contribution in [0.15, 0.2) is 30.3 Å². The average molecular weight is 359 g/mol. The number of benzene rings is 1. The van der Waals surface area contributed by atoms with Gasteiger partial charge >= 0.3 is 6.03 Å². The summed E-state index contributed by atoms with van der Waals surface area (Å²) in [4.78, 5) is 30.7. The first-order chi connectivity index (χ1) is 12.5. The van der Waals surface area contributed by atoms with E-state index in [1.165, 1.54) is 5.56 Å². The Bertz CT molecular complexity index is 639. The van der Waals surface area contributed by atoms with Crippen molar-refractivity contribution in [2.24, 2.45) is 0 Å². The SMILES string of the molecule is COCCN1C(=O)C[C@H](c2ccccc2)C12CCN(C(=O)N(C)C)CC2. The molecule has 0 saturated carbocycles. The standard InChI is InChI=1S/C20H29N3O3/c1-21(2)19(25)22-11-9-20(10-12-22)17(16-7-5-4-6-8-16)15-18(24)23(20)13-14-26-3/h4-8,17H,9-15H2,1-3H3/t17-/m1/s1. The Hall–Kier alpha value is -2.08. The molecule has 0 N–H and O–H groups in total. The minimum absolute atomic E-state index is 0.0453. The first-order valence-corrected chi connectivity index (χ1v) is 9.30. The summed E-state index contributed by atoms with van der Waals surface area (Å²) in [6, 6.07) is 10.4. The van der Waals surface area contributed by atoms with Gasteiger partial charge in [-0.3, -0.25) is 4.79 Å². The van der Waals surface area contributed by atoms with E-state index in [0.717, 1.165) is 12.8 Å². The molecule has 3 rings (SSSR count). The molecule has 1 aromatic rings. The van der Waals surface area contributed by atoms with Crippen molar-refractivity contribution in [3.63, 3.8) is 0 Å². The van der Waals surface area contributed by atoms with Gasteiger partial charge in [0.15, 0.2) is 0 Å². The Morgan fingerprint density at radius 3 is 2.46 bits per heavy atom. The van der Waals surface area contributed by atoms with Gasteiger partial charge in [-0.1, -0.05) is 30.3 Å². The summed E-state index contributed by atoms with van der Waals surface area (Å²) in [5.74, 6) is 0.368. The fourth-order valence-corrected chi connectivity index (χ4v) is 4.54. The molecule has 1 spiro atoms. The molecular weight excluding hydrogens is 330 g/mol. The number of nitrogens with zero attached hydrogens (tertiary/aromatic N) is 3. The third-order valence-corrected chi connectivity index (χ3v) is 5.87. The lowest BCUT2D eigenvalue weighted by molar-refractivity contribution is -0.133. The highest BCUT2D eigenvalue weighted by atomic mass is 16.5. The maximum absolute atomic E-state index is 12.8. The maximum Gasteiger partial charge on any atom is 0.319 e. The highest BCUT2D eigenvalue weighted by Crippen LogP contribution is 2.48. The average Bonchev–Trinajstić information content (AvgIpc) is 2.92. The summed E-state index contributed by atoms with van der Waals surface area (Å²) in [7, 11) is 5.23. The number of ether oxygens (including phenoxy) is 1. The number of amides is 3. The van der Waals surface area contributed by atoms with Crippen LogP contribution >= 0.6 is 0 Å². The van der Waals surface area contributed by atoms with Gasteiger partial charge in [0.05, 0.1) is 12.1 Å². The second-order valence-electron chi connectivity index (χ2n) is 7.47. The van der Waals surface area contributed by atoms with E-state index in [0.29, 0.717) is 32.7 Å². The van der Waals surface area contributed by atoms with Crippen LogP contribution in [0.3, 0.4) is 0 Å². The number of piperidine rings is 1. The van der Waals surface area contributed by atoms with Crippen LogP contribution in [0.1, 0.15) is 30.7 Å². The van der Waals surface area contributed by atoms with Gasteiger partial charge in [-0.2, -0.15) is 0 Å². The summed E-state index contributed by atoms with van der Waals surface area (Å²) in [6.07, 6.45) is 2.15. The molecule has 2 saturated heterocycles. The van der Waals surface area contributed by atoms with Crippen molar-refractivity contribution in [1.82, 2.24) is 14.7 Å². The highest BCUT2D eigenvalue weighted by Gasteiger charge is 2.54. The molecule has 1 aromatic carbocycles. The van der Waals surface area contributed by atoms with E-state index in [2.05, 4.69) is 12.1 Å². The van der Waals surface area contributed by atoms with E-state index < -0.39 is 0 Å². The number of urea groups is 1. The molecule has 2 aliphatic heterocycles. The molecule has 2 heterocycles. The van der Waals surface area contributed by atoms with E-state index >= 15 is 0 Å². The molecule has 0 aliphatic carbocycles. The van der Waals surface area contributed by atoms with Gasteiger partial charge in [0.1, 0.15) is 0 Å². The Labute approximate surface area is 155 Å². The van der Waals surface area contributed by atoms with Crippen molar-refractivity contribution in [2.45, 2.75) is 30.7 Å². The number of hydrogen-bond donors (Lipinski definition) is 0. The summed E-state index contributed by atoms with van der Waals surface area (Å²) < 4.78 is 5.25. The third kappa shape index (κ3) is 3.30. The van der Waals surface area contributed by atoms with E-state index in [4.69, 9.17) is 4.74 Å². The molecule has 6 heteroatoms. The van der Waals surface area contributed by atoms with Crippen molar-refractivity contribution in [3.8, 4) is 0 Å². The molecule has 0 radical (unpaired) electrons. The molecule has 142 valence electrons. The van der Waals surface area contributed by atoms with Crippen molar-refractivity contribution in [2.75, 3.05) is 47.4 Å². The lowest BCUT2D eigenvalue weighted by Crippen LogP contribution is -2.57. The molecule has 3 amide bonds. The zero-order valence-electron chi connectivity index (χ0n) is 16.0. The normalized spacial score (nSPS) is 22.1. The van der Waals surface area contributed by atoms with Crippen LogP contribution in [-0.2, 0) is 9.53 Å². The number of carbonyl (C=O) groups is 2. The zero-order valence-corrected chi connectivity index (χ0v) is 16.0. The van der Waals surface area contributed by atoms with Crippen LogP contribution in [0, 0.1) is 0 Å². The van der Waals surface area contributed by atoms with E-state index in [9.17, 15) is 9.59 Å². The number of rotatable bonds is 4. The molecule has 6 nitrogen and oxygen atoms in total. The molecule has 1 atom stereocenters. The Balaban J connectivity index is 1.87. The van der Waals surface area contributed by atoms with Gasteiger partial charge in [-0.05, 0) is 18.4 Å². The van der Waals surface area contributed by atoms with Crippen LogP contribution in [0.25, 0.3) is 0 Å². The molecule has 0 bridgehead atoms. The van der Waals surface area contributed by atoms with E-state index in [1.807, 2.05) is 28.0 Å². The smallest absolute Gasteiger partial charge is 0.319 e. The highest BCUT2D eigenvalue weighted by molar-refractivity contribution is 5.82. The van der Waals surface area contributed by atoms with Gasteiger partial charge < -0.3 is 19.4 Å². The number of hydrogen-bond acceptors (Lipinski definition) is 3. The van der Waals surface area contributed by atoms with Crippen molar-refractivity contribution in [1.29, 1.82) is 0 Å². The van der Waals surface area contributed by atoms with Crippen molar-refractivity contribution in [3.05, 3.63) is 35.9 Å². The predicted octanol–water partition coefficient (Wildman–Crippen LogP) is 2.17. The summed E-state index contributed by atoms with van der Waals surface area (Å²) in [5, 5.41) is 0. The lowest BCUT2D eigenvalue weighted by Gasteiger charge is -2.48. The van der Waals surface area contributed by atoms with Crippen molar-refractivity contribution >= 4 is 11.9 Å². The summed E-state index contributed by atoms with van der Waals surface area (Å²) in [6.45, 7) is 2.50. The van der Waals surface area contributed by atoms with Crippen LogP contribution in [0.2, 0.25) is 0 Å². The lowest BCUT2D eigenvalue weighted by atomic mass is 9.73. The number of carbonyl (C=O) groups excluding carboxylic acids is 2. The molecule has 0 unspecified atom stereocenters. The van der Waals surface area contributed by atoms with E-state index in [-0.39, 0.29) is 23.4 Å². The number of likely N-dealkylation sites (tertiary alicyclic amines) is 2. The minimum Gasteiger partial charge on any atom is -0.383 e. The van der Waals surface area contributed by atoms with Gasteiger partial charge in [0.25, 0.3) is 0 Å². The first-order valence-electron chi connectivity index (χ1n) is 9.30. The summed E-state index contributed by atoms with van der Waals surface area (Å²) in [5.41, 5.74) is 0.994. The second-order valence-corrected chi connectivity index (χ2v) is 7.47. The van der Waals surface area contributed by atoms with Gasteiger partial charge in [-0.25, -0.2) is 4.79 Å². The molecule has 0 aromatic heterocycles. The maximum atomic E-state index is 12.8.